The van der Waals surface area contributed by atoms with Gasteiger partial charge in [-0.3, -0.25) is 0 Å². The summed E-state index contributed by atoms with van der Waals surface area (Å²) in [6.45, 7) is 2.40. The van der Waals surface area contributed by atoms with Gasteiger partial charge in [0.05, 0.1) is 5.69 Å². The van der Waals surface area contributed by atoms with Crippen LogP contribution >= 0.6 is 0 Å². The van der Waals surface area contributed by atoms with Gasteiger partial charge in [-0.25, -0.2) is 0 Å². The van der Waals surface area contributed by atoms with E-state index in [0.717, 1.165) is 40.7 Å². The van der Waals surface area contributed by atoms with E-state index in [1.54, 1.807) is 0 Å². The van der Waals surface area contributed by atoms with Crippen molar-refractivity contribution in [2.75, 3.05) is 18.0 Å². The van der Waals surface area contributed by atoms with Crippen LogP contribution in [0, 0.1) is 23.7 Å². The summed E-state index contributed by atoms with van der Waals surface area (Å²) in [5.74, 6) is 4.91. The molecule has 22 heavy (non-hydrogen) atoms. The first-order valence-electron chi connectivity index (χ1n) is 8.52. The zero-order valence-corrected chi connectivity index (χ0v) is 12.7. The van der Waals surface area contributed by atoms with E-state index in [4.69, 9.17) is 0 Å². The normalized spacial score (nSPS) is 32.5. The van der Waals surface area contributed by atoms with Crippen molar-refractivity contribution in [2.24, 2.45) is 23.7 Å². The van der Waals surface area contributed by atoms with Gasteiger partial charge in [0.2, 0.25) is 0 Å². The van der Waals surface area contributed by atoms with Crippen molar-refractivity contribution in [3.63, 3.8) is 0 Å². The first-order valence-corrected chi connectivity index (χ1v) is 8.52. The predicted octanol–water partition coefficient (Wildman–Crippen LogP) is 3.63. The lowest BCUT2D eigenvalue weighted by molar-refractivity contribution is 0.281. The number of hydrogen-bond acceptors (Lipinski definition) is 3. The molecular weight excluding hydrogens is 270 g/mol. The quantitative estimate of drug-likeness (QED) is 0.846. The standard InChI is InChI=1S/C19H21N3/c1-2-4-13(5-3-1)18-8-9-19(21-20-18)22-11-16-14-6-7-15(10-14)17(16)12-22/h1-5,8-9,14-17H,6-7,10-12H2/t14-,15+,16-,17+. The van der Waals surface area contributed by atoms with E-state index < -0.39 is 0 Å². The van der Waals surface area contributed by atoms with Crippen molar-refractivity contribution >= 4 is 5.82 Å². The summed E-state index contributed by atoms with van der Waals surface area (Å²) >= 11 is 0. The van der Waals surface area contributed by atoms with Crippen LogP contribution in [-0.2, 0) is 0 Å². The molecule has 2 bridgehead atoms. The molecule has 3 heteroatoms. The molecule has 2 aliphatic carbocycles. The first-order chi connectivity index (χ1) is 10.9. The maximum Gasteiger partial charge on any atom is 0.151 e. The molecule has 1 aromatic heterocycles. The molecule has 1 saturated heterocycles. The molecule has 0 radical (unpaired) electrons. The summed E-state index contributed by atoms with van der Waals surface area (Å²) in [6.07, 6.45) is 4.44. The third-order valence-corrected chi connectivity index (χ3v) is 6.18. The molecule has 3 nitrogen and oxygen atoms in total. The second kappa shape index (κ2) is 4.80. The Kier molecular flexibility index (Phi) is 2.76. The number of nitrogens with zero attached hydrogens (tertiary/aromatic N) is 3. The fourth-order valence-corrected chi connectivity index (χ4v) is 5.13. The van der Waals surface area contributed by atoms with Gasteiger partial charge in [-0.05, 0) is 55.1 Å². The Morgan fingerprint density at radius 2 is 1.55 bits per heavy atom. The zero-order valence-electron chi connectivity index (χ0n) is 12.7. The number of rotatable bonds is 2. The lowest BCUT2D eigenvalue weighted by Crippen LogP contribution is -2.23. The number of anilines is 1. The van der Waals surface area contributed by atoms with E-state index in [0.29, 0.717) is 0 Å². The summed E-state index contributed by atoms with van der Waals surface area (Å²) in [6, 6.07) is 14.6. The third-order valence-electron chi connectivity index (χ3n) is 6.18. The lowest BCUT2D eigenvalue weighted by atomic mass is 9.82. The second-order valence-electron chi connectivity index (χ2n) is 7.21. The molecule has 0 spiro atoms. The van der Waals surface area contributed by atoms with E-state index in [9.17, 15) is 0 Å². The second-order valence-corrected chi connectivity index (χ2v) is 7.21. The van der Waals surface area contributed by atoms with Crippen molar-refractivity contribution in [1.82, 2.24) is 10.2 Å². The van der Waals surface area contributed by atoms with Crippen LogP contribution in [0.1, 0.15) is 19.3 Å². The van der Waals surface area contributed by atoms with E-state index in [1.807, 2.05) is 18.2 Å². The zero-order chi connectivity index (χ0) is 14.5. The minimum absolute atomic E-state index is 0.925. The van der Waals surface area contributed by atoms with Gasteiger partial charge in [-0.15, -0.1) is 10.2 Å². The van der Waals surface area contributed by atoms with Crippen LogP contribution in [0.2, 0.25) is 0 Å². The molecule has 0 amide bonds. The van der Waals surface area contributed by atoms with Crippen molar-refractivity contribution in [2.45, 2.75) is 19.3 Å². The Bertz CT molecular complexity index is 649. The van der Waals surface area contributed by atoms with Gasteiger partial charge in [-0.1, -0.05) is 30.3 Å². The number of hydrogen-bond donors (Lipinski definition) is 0. The summed E-state index contributed by atoms with van der Waals surface area (Å²) in [7, 11) is 0. The van der Waals surface area contributed by atoms with Crippen LogP contribution in [0.25, 0.3) is 11.3 Å². The van der Waals surface area contributed by atoms with E-state index >= 15 is 0 Å². The van der Waals surface area contributed by atoms with Gasteiger partial charge in [0.1, 0.15) is 0 Å². The van der Waals surface area contributed by atoms with Gasteiger partial charge >= 0.3 is 0 Å². The third kappa shape index (κ3) is 1.88. The molecule has 2 aromatic rings. The highest BCUT2D eigenvalue weighted by molar-refractivity contribution is 5.59. The summed E-state index contributed by atoms with van der Waals surface area (Å²) in [5, 5.41) is 8.96. The van der Waals surface area contributed by atoms with Gasteiger partial charge in [0.25, 0.3) is 0 Å². The highest BCUT2D eigenvalue weighted by Crippen LogP contribution is 2.55. The minimum Gasteiger partial charge on any atom is -0.355 e. The van der Waals surface area contributed by atoms with Crippen LogP contribution in [0.4, 0.5) is 5.82 Å². The van der Waals surface area contributed by atoms with E-state index in [1.165, 1.54) is 32.4 Å². The summed E-state index contributed by atoms with van der Waals surface area (Å²) in [5.41, 5.74) is 2.10. The molecule has 112 valence electrons. The Hall–Kier alpha value is -1.90. The fourth-order valence-electron chi connectivity index (χ4n) is 5.13. The van der Waals surface area contributed by atoms with Crippen LogP contribution in [0.3, 0.4) is 0 Å². The number of benzene rings is 1. The van der Waals surface area contributed by atoms with Crippen LogP contribution < -0.4 is 4.90 Å². The minimum atomic E-state index is 0.925. The Morgan fingerprint density at radius 1 is 0.818 bits per heavy atom. The molecule has 0 unspecified atom stereocenters. The van der Waals surface area contributed by atoms with Crippen LogP contribution in [0.5, 0.6) is 0 Å². The summed E-state index contributed by atoms with van der Waals surface area (Å²) in [4.78, 5) is 2.47. The average molecular weight is 291 g/mol. The molecule has 1 aromatic carbocycles. The van der Waals surface area contributed by atoms with Crippen LogP contribution in [-0.4, -0.2) is 23.3 Å². The van der Waals surface area contributed by atoms with Gasteiger partial charge in [0, 0.05) is 18.7 Å². The largest absolute Gasteiger partial charge is 0.355 e. The Balaban J connectivity index is 1.37. The molecule has 5 rings (SSSR count). The number of fused-ring (bicyclic) bond motifs is 5. The van der Waals surface area contributed by atoms with E-state index in [2.05, 4.69) is 39.4 Å². The molecule has 2 heterocycles. The monoisotopic (exact) mass is 291 g/mol. The lowest BCUT2D eigenvalue weighted by Gasteiger charge is -2.22. The van der Waals surface area contributed by atoms with Gasteiger partial charge in [-0.2, -0.15) is 0 Å². The first kappa shape index (κ1) is 12.6. The molecule has 0 N–H and O–H groups in total. The van der Waals surface area contributed by atoms with Gasteiger partial charge < -0.3 is 4.90 Å². The molecule has 4 atom stereocenters. The number of aromatic nitrogens is 2. The molecule has 3 aliphatic rings. The van der Waals surface area contributed by atoms with Crippen molar-refractivity contribution in [3.8, 4) is 11.3 Å². The smallest absolute Gasteiger partial charge is 0.151 e. The fraction of sp³-hybridized carbons (Fsp3) is 0.474. The van der Waals surface area contributed by atoms with Crippen LogP contribution in [0.15, 0.2) is 42.5 Å². The predicted molar refractivity (Wildman–Crippen MR) is 87.5 cm³/mol. The SMILES string of the molecule is c1ccc(-c2ccc(N3C[C@@H]4[C@@H]5CC[C@@H](C5)[C@@H]4C3)nn2)cc1. The topological polar surface area (TPSA) is 29.0 Å². The summed E-state index contributed by atoms with van der Waals surface area (Å²) < 4.78 is 0. The van der Waals surface area contributed by atoms with Crippen molar-refractivity contribution < 1.29 is 0 Å². The molecule has 2 saturated carbocycles. The molecule has 3 fully saturated rings. The maximum absolute atomic E-state index is 4.51. The van der Waals surface area contributed by atoms with Crippen molar-refractivity contribution in [1.29, 1.82) is 0 Å². The van der Waals surface area contributed by atoms with Gasteiger partial charge in [0.15, 0.2) is 5.82 Å². The maximum atomic E-state index is 4.51. The average Bonchev–Trinajstić information content (AvgIpc) is 3.29. The van der Waals surface area contributed by atoms with E-state index in [-0.39, 0.29) is 0 Å². The van der Waals surface area contributed by atoms with Crippen molar-refractivity contribution in [3.05, 3.63) is 42.5 Å². The Labute approximate surface area is 131 Å². The Morgan fingerprint density at radius 3 is 2.18 bits per heavy atom. The highest BCUT2D eigenvalue weighted by atomic mass is 15.3. The highest BCUT2D eigenvalue weighted by Gasteiger charge is 2.51. The molecule has 1 aliphatic heterocycles. The molecular formula is C19H21N3.